The Balaban J connectivity index is 1.61. The van der Waals surface area contributed by atoms with Crippen LogP contribution in [0.25, 0.3) is 11.4 Å². The Labute approximate surface area is 168 Å². The lowest BCUT2D eigenvalue weighted by molar-refractivity contribution is -0.130. The highest BCUT2D eigenvalue weighted by molar-refractivity contribution is 9.10. The van der Waals surface area contributed by atoms with Crippen molar-refractivity contribution in [2.24, 2.45) is 0 Å². The van der Waals surface area contributed by atoms with Gasteiger partial charge in [-0.3, -0.25) is 4.79 Å². The molecule has 8 heteroatoms. The lowest BCUT2D eigenvalue weighted by Crippen LogP contribution is -2.27. The molecule has 1 atom stereocenters. The van der Waals surface area contributed by atoms with Gasteiger partial charge in [-0.25, -0.2) is 4.39 Å². The maximum Gasteiger partial charge on any atom is 0.249 e. The van der Waals surface area contributed by atoms with E-state index in [0.29, 0.717) is 45.2 Å². The van der Waals surface area contributed by atoms with E-state index in [2.05, 4.69) is 26.1 Å². The van der Waals surface area contributed by atoms with Crippen molar-refractivity contribution < 1.29 is 13.7 Å². The first kappa shape index (κ1) is 18.1. The summed E-state index contributed by atoms with van der Waals surface area (Å²) in [7, 11) is 0. The van der Waals surface area contributed by atoms with Crippen LogP contribution in [0.2, 0.25) is 5.02 Å². The van der Waals surface area contributed by atoms with Crippen molar-refractivity contribution in [2.75, 3.05) is 0 Å². The number of nitrogens with zero attached hydrogens (tertiary/aromatic N) is 3. The van der Waals surface area contributed by atoms with Crippen LogP contribution in [0.1, 0.15) is 30.3 Å². The number of carbonyl (C=O) groups excluding carboxylic acids is 1. The van der Waals surface area contributed by atoms with Gasteiger partial charge in [0, 0.05) is 28.6 Å². The van der Waals surface area contributed by atoms with Crippen molar-refractivity contribution in [3.63, 3.8) is 0 Å². The molecule has 5 nitrogen and oxygen atoms in total. The van der Waals surface area contributed by atoms with Crippen molar-refractivity contribution in [3.05, 3.63) is 69.2 Å². The normalized spacial score (nSPS) is 16.9. The van der Waals surface area contributed by atoms with Gasteiger partial charge in [0.1, 0.15) is 11.9 Å². The molecule has 1 unspecified atom stereocenters. The SMILES string of the molecule is O=C1CCC(c2nc(-c3ccccc3Cl)no2)N1Cc1ccc(Br)cc1F. The Morgan fingerprint density at radius 2 is 2.11 bits per heavy atom. The smallest absolute Gasteiger partial charge is 0.249 e. The average Bonchev–Trinajstić information content (AvgIpc) is 3.25. The van der Waals surface area contributed by atoms with Crippen molar-refractivity contribution >= 4 is 33.4 Å². The molecule has 1 aliphatic heterocycles. The number of carbonyl (C=O) groups is 1. The van der Waals surface area contributed by atoms with E-state index in [-0.39, 0.29) is 24.3 Å². The summed E-state index contributed by atoms with van der Waals surface area (Å²) in [6, 6.07) is 11.6. The Morgan fingerprint density at radius 1 is 1.30 bits per heavy atom. The number of likely N-dealkylation sites (tertiary alicyclic amines) is 1. The summed E-state index contributed by atoms with van der Waals surface area (Å²) in [6.45, 7) is 0.145. The number of amides is 1. The standard InChI is InChI=1S/C19H14BrClFN3O2/c20-12-6-5-11(15(22)9-12)10-25-16(7-8-17(25)26)19-23-18(24-27-19)13-3-1-2-4-14(13)21/h1-6,9,16H,7-8,10H2. The predicted octanol–water partition coefficient (Wildman–Crippen LogP) is 5.16. The summed E-state index contributed by atoms with van der Waals surface area (Å²) in [5.74, 6) is 0.253. The lowest BCUT2D eigenvalue weighted by Gasteiger charge is -2.22. The molecule has 1 amide bonds. The van der Waals surface area contributed by atoms with E-state index in [1.807, 2.05) is 12.1 Å². The van der Waals surface area contributed by atoms with Crippen LogP contribution in [0.4, 0.5) is 4.39 Å². The molecule has 0 saturated carbocycles. The highest BCUT2D eigenvalue weighted by atomic mass is 79.9. The second-order valence-corrected chi connectivity index (χ2v) is 7.57. The maximum atomic E-state index is 14.2. The Morgan fingerprint density at radius 3 is 2.89 bits per heavy atom. The van der Waals surface area contributed by atoms with Crippen LogP contribution < -0.4 is 0 Å². The van der Waals surface area contributed by atoms with Gasteiger partial charge in [-0.05, 0) is 30.7 Å². The predicted molar refractivity (Wildman–Crippen MR) is 101 cm³/mol. The fourth-order valence-corrected chi connectivity index (χ4v) is 3.70. The van der Waals surface area contributed by atoms with E-state index >= 15 is 0 Å². The molecule has 3 aromatic rings. The van der Waals surface area contributed by atoms with E-state index < -0.39 is 0 Å². The quantitative estimate of drug-likeness (QED) is 0.551. The summed E-state index contributed by atoms with van der Waals surface area (Å²) >= 11 is 9.42. The minimum absolute atomic E-state index is 0.0696. The number of hydrogen-bond donors (Lipinski definition) is 0. The molecule has 1 saturated heterocycles. The summed E-state index contributed by atoms with van der Waals surface area (Å²) in [5.41, 5.74) is 1.09. The van der Waals surface area contributed by atoms with E-state index in [4.69, 9.17) is 16.1 Å². The fraction of sp³-hybridized carbons (Fsp3) is 0.211. The Kier molecular flexibility index (Phi) is 4.97. The van der Waals surface area contributed by atoms with Gasteiger partial charge >= 0.3 is 0 Å². The third kappa shape index (κ3) is 3.61. The first-order valence-corrected chi connectivity index (χ1v) is 9.52. The van der Waals surface area contributed by atoms with Gasteiger partial charge in [-0.15, -0.1) is 0 Å². The second kappa shape index (κ2) is 7.40. The van der Waals surface area contributed by atoms with E-state index in [0.717, 1.165) is 0 Å². The van der Waals surface area contributed by atoms with E-state index in [1.165, 1.54) is 6.07 Å². The molecular weight excluding hydrogens is 437 g/mol. The summed E-state index contributed by atoms with van der Waals surface area (Å²) in [4.78, 5) is 18.4. The molecule has 1 aromatic heterocycles. The van der Waals surface area contributed by atoms with Crippen LogP contribution in [0.3, 0.4) is 0 Å². The molecule has 0 aliphatic carbocycles. The molecule has 4 rings (SSSR count). The van der Waals surface area contributed by atoms with Crippen molar-refractivity contribution in [1.29, 1.82) is 0 Å². The molecule has 0 N–H and O–H groups in total. The Hall–Kier alpha value is -2.25. The lowest BCUT2D eigenvalue weighted by atomic mass is 10.1. The van der Waals surface area contributed by atoms with Crippen LogP contribution in [-0.4, -0.2) is 20.9 Å². The van der Waals surface area contributed by atoms with Gasteiger partial charge in [0.25, 0.3) is 0 Å². The molecule has 1 fully saturated rings. The minimum atomic E-state index is -0.385. The van der Waals surface area contributed by atoms with Crippen LogP contribution in [0, 0.1) is 5.82 Å². The van der Waals surface area contributed by atoms with Crippen molar-refractivity contribution in [2.45, 2.75) is 25.4 Å². The monoisotopic (exact) mass is 449 g/mol. The van der Waals surface area contributed by atoms with Crippen molar-refractivity contribution in [3.8, 4) is 11.4 Å². The molecule has 138 valence electrons. The van der Waals surface area contributed by atoms with Gasteiger partial charge in [-0.1, -0.05) is 50.9 Å². The van der Waals surface area contributed by atoms with Crippen molar-refractivity contribution in [1.82, 2.24) is 15.0 Å². The summed E-state index contributed by atoms with van der Waals surface area (Å²) in [5, 5.41) is 4.51. The number of rotatable bonds is 4. The third-order valence-corrected chi connectivity index (χ3v) is 5.35. The minimum Gasteiger partial charge on any atom is -0.337 e. The molecule has 27 heavy (non-hydrogen) atoms. The van der Waals surface area contributed by atoms with Gasteiger partial charge in [0.05, 0.1) is 5.02 Å². The maximum absolute atomic E-state index is 14.2. The average molecular weight is 451 g/mol. The first-order chi connectivity index (χ1) is 13.0. The molecule has 1 aliphatic rings. The molecule has 2 heterocycles. The van der Waals surface area contributed by atoms with Gasteiger partial charge in [0.2, 0.25) is 17.6 Å². The Bertz CT molecular complexity index is 1010. The highest BCUT2D eigenvalue weighted by Crippen LogP contribution is 2.35. The zero-order valence-electron chi connectivity index (χ0n) is 14.0. The zero-order valence-corrected chi connectivity index (χ0v) is 16.4. The van der Waals surface area contributed by atoms with Crippen LogP contribution in [-0.2, 0) is 11.3 Å². The second-order valence-electron chi connectivity index (χ2n) is 6.25. The fourth-order valence-electron chi connectivity index (χ4n) is 3.14. The first-order valence-electron chi connectivity index (χ1n) is 8.35. The number of benzene rings is 2. The van der Waals surface area contributed by atoms with E-state index in [1.54, 1.807) is 29.2 Å². The van der Waals surface area contributed by atoms with Gasteiger partial charge in [0.15, 0.2) is 0 Å². The molecular formula is C19H14BrClFN3O2. The molecule has 0 spiro atoms. The summed E-state index contributed by atoms with van der Waals surface area (Å²) in [6.07, 6.45) is 0.897. The van der Waals surface area contributed by atoms with Gasteiger partial charge in [-0.2, -0.15) is 4.98 Å². The summed E-state index contributed by atoms with van der Waals surface area (Å²) < 4.78 is 20.3. The number of hydrogen-bond acceptors (Lipinski definition) is 4. The molecule has 0 bridgehead atoms. The zero-order chi connectivity index (χ0) is 19.0. The third-order valence-electron chi connectivity index (χ3n) is 4.53. The van der Waals surface area contributed by atoms with E-state index in [9.17, 15) is 9.18 Å². The van der Waals surface area contributed by atoms with Gasteiger partial charge < -0.3 is 9.42 Å². The topological polar surface area (TPSA) is 59.2 Å². The number of aromatic nitrogens is 2. The number of halogens is 3. The van der Waals surface area contributed by atoms with Crippen LogP contribution >= 0.6 is 27.5 Å². The largest absolute Gasteiger partial charge is 0.337 e. The van der Waals surface area contributed by atoms with Crippen LogP contribution in [0.15, 0.2) is 51.5 Å². The van der Waals surface area contributed by atoms with Crippen LogP contribution in [0.5, 0.6) is 0 Å². The molecule has 2 aromatic carbocycles. The molecule has 0 radical (unpaired) electrons. The highest BCUT2D eigenvalue weighted by Gasteiger charge is 2.36.